The van der Waals surface area contributed by atoms with Gasteiger partial charge in [0.15, 0.2) is 0 Å². The third-order valence-electron chi connectivity index (χ3n) is 4.53. The summed E-state index contributed by atoms with van der Waals surface area (Å²) in [4.78, 5) is 53.8. The molecule has 4 rings (SSSR count). The van der Waals surface area contributed by atoms with Gasteiger partial charge in [-0.2, -0.15) is 0 Å². The standard InChI is InChI=1S/C20H15N3O5S2/c1-2-22(12-6-4-3-5-7-12)17(24)11-8-14(29-9-11)23-18(25)15-13(21-20(23)28)10-30-16(15)19(26)27/h3-10H,2H2,1H3,(H,21,28)(H,26,27). The highest BCUT2D eigenvalue weighted by molar-refractivity contribution is 7.13. The molecular weight excluding hydrogens is 426 g/mol. The molecular formula is C20H15N3O5S2. The Morgan fingerprint density at radius 3 is 2.53 bits per heavy atom. The van der Waals surface area contributed by atoms with Crippen LogP contribution in [0.2, 0.25) is 0 Å². The number of carbonyl (C=O) groups is 2. The van der Waals surface area contributed by atoms with Gasteiger partial charge in [-0.15, -0.1) is 22.7 Å². The van der Waals surface area contributed by atoms with Gasteiger partial charge in [-0.1, -0.05) is 18.2 Å². The SMILES string of the molecule is CCN(C(=O)c1csc(-n2c(=O)[nH]c3csc(C(=O)O)c3c2=O)c1)c1ccccc1. The Bertz CT molecular complexity index is 1380. The minimum Gasteiger partial charge on any atom is -0.477 e. The highest BCUT2D eigenvalue weighted by Crippen LogP contribution is 2.24. The third kappa shape index (κ3) is 3.25. The van der Waals surface area contributed by atoms with E-state index >= 15 is 0 Å². The summed E-state index contributed by atoms with van der Waals surface area (Å²) in [6, 6.07) is 10.6. The summed E-state index contributed by atoms with van der Waals surface area (Å²) in [7, 11) is 0. The molecule has 0 saturated heterocycles. The molecule has 0 aliphatic carbocycles. The zero-order valence-electron chi connectivity index (χ0n) is 15.6. The first-order valence-electron chi connectivity index (χ1n) is 8.88. The quantitative estimate of drug-likeness (QED) is 0.494. The van der Waals surface area contributed by atoms with Crippen LogP contribution in [0.4, 0.5) is 5.69 Å². The molecule has 0 aliphatic rings. The molecule has 0 spiro atoms. The Morgan fingerprint density at radius 1 is 1.13 bits per heavy atom. The largest absolute Gasteiger partial charge is 0.477 e. The maximum absolute atomic E-state index is 13.0. The number of aromatic amines is 1. The normalized spacial score (nSPS) is 11.0. The highest BCUT2D eigenvalue weighted by atomic mass is 32.1. The number of aromatic nitrogens is 2. The number of hydrogen-bond donors (Lipinski definition) is 2. The Balaban J connectivity index is 1.79. The average molecular weight is 441 g/mol. The van der Waals surface area contributed by atoms with E-state index in [1.165, 1.54) is 11.4 Å². The van der Waals surface area contributed by atoms with Crippen molar-refractivity contribution >= 4 is 51.1 Å². The molecule has 0 bridgehead atoms. The first-order valence-corrected chi connectivity index (χ1v) is 10.6. The fourth-order valence-electron chi connectivity index (χ4n) is 3.16. The molecule has 0 unspecified atom stereocenters. The first-order chi connectivity index (χ1) is 14.4. The molecule has 1 aromatic carbocycles. The van der Waals surface area contributed by atoms with Gasteiger partial charge in [0.25, 0.3) is 11.5 Å². The van der Waals surface area contributed by atoms with Gasteiger partial charge in [0.2, 0.25) is 0 Å². The van der Waals surface area contributed by atoms with E-state index in [4.69, 9.17) is 0 Å². The second-order valence-electron chi connectivity index (χ2n) is 6.29. The van der Waals surface area contributed by atoms with Gasteiger partial charge >= 0.3 is 11.7 Å². The van der Waals surface area contributed by atoms with Crippen LogP contribution in [0.1, 0.15) is 27.0 Å². The van der Waals surface area contributed by atoms with Gasteiger partial charge in [-0.25, -0.2) is 14.2 Å². The molecule has 8 nitrogen and oxygen atoms in total. The van der Waals surface area contributed by atoms with E-state index < -0.39 is 17.2 Å². The van der Waals surface area contributed by atoms with Crippen LogP contribution in [0.25, 0.3) is 15.9 Å². The number of aromatic carboxylic acids is 1. The smallest absolute Gasteiger partial charge is 0.346 e. The summed E-state index contributed by atoms with van der Waals surface area (Å²) in [5, 5.41) is 12.5. The fraction of sp³-hybridized carbons (Fsp3) is 0.100. The molecule has 2 N–H and O–H groups in total. The first kappa shape index (κ1) is 19.8. The predicted octanol–water partition coefficient (Wildman–Crippen LogP) is 3.17. The van der Waals surface area contributed by atoms with Crippen molar-refractivity contribution in [3.8, 4) is 5.00 Å². The lowest BCUT2D eigenvalue weighted by molar-refractivity contribution is 0.0703. The molecule has 0 aliphatic heterocycles. The number of carboxylic acid groups (broad SMARTS) is 1. The molecule has 0 radical (unpaired) electrons. The van der Waals surface area contributed by atoms with Crippen LogP contribution in [0.5, 0.6) is 0 Å². The Hall–Kier alpha value is -3.50. The van der Waals surface area contributed by atoms with Gasteiger partial charge in [0, 0.05) is 23.0 Å². The number of carboxylic acids is 1. The number of fused-ring (bicyclic) bond motifs is 1. The number of nitrogens with zero attached hydrogens (tertiary/aromatic N) is 2. The topological polar surface area (TPSA) is 112 Å². The van der Waals surface area contributed by atoms with Crippen molar-refractivity contribution in [2.75, 3.05) is 11.4 Å². The molecule has 4 aromatic rings. The van der Waals surface area contributed by atoms with Crippen LogP contribution in [0.3, 0.4) is 0 Å². The van der Waals surface area contributed by atoms with Crippen LogP contribution in [0, 0.1) is 0 Å². The number of thiophene rings is 2. The average Bonchev–Trinajstić information content (AvgIpc) is 3.37. The summed E-state index contributed by atoms with van der Waals surface area (Å²) in [5.41, 5.74) is -0.186. The summed E-state index contributed by atoms with van der Waals surface area (Å²) < 4.78 is 0.863. The lowest BCUT2D eigenvalue weighted by atomic mass is 10.2. The van der Waals surface area contributed by atoms with Crippen molar-refractivity contribution in [1.29, 1.82) is 0 Å². The second-order valence-corrected chi connectivity index (χ2v) is 8.06. The van der Waals surface area contributed by atoms with Crippen LogP contribution in [0.15, 0.2) is 56.7 Å². The van der Waals surface area contributed by atoms with Crippen molar-refractivity contribution in [2.45, 2.75) is 6.92 Å². The van der Waals surface area contributed by atoms with Crippen molar-refractivity contribution in [1.82, 2.24) is 9.55 Å². The number of anilines is 1. The van der Waals surface area contributed by atoms with Crippen molar-refractivity contribution in [3.05, 3.63) is 78.4 Å². The zero-order valence-corrected chi connectivity index (χ0v) is 17.3. The van der Waals surface area contributed by atoms with Crippen molar-refractivity contribution < 1.29 is 14.7 Å². The zero-order chi connectivity index (χ0) is 21.4. The maximum atomic E-state index is 13.0. The number of nitrogens with one attached hydrogen (secondary N) is 1. The Kier molecular flexibility index (Phi) is 5.10. The third-order valence-corrected chi connectivity index (χ3v) is 6.41. The van der Waals surface area contributed by atoms with Crippen LogP contribution >= 0.6 is 22.7 Å². The number of rotatable bonds is 5. The Morgan fingerprint density at radius 2 is 1.87 bits per heavy atom. The monoisotopic (exact) mass is 441 g/mol. The number of benzene rings is 1. The van der Waals surface area contributed by atoms with E-state index in [0.717, 1.165) is 32.9 Å². The Labute approximate surface area is 177 Å². The summed E-state index contributed by atoms with van der Waals surface area (Å²) >= 11 is 1.93. The van der Waals surface area contributed by atoms with Crippen LogP contribution < -0.4 is 16.1 Å². The molecule has 0 saturated carbocycles. The van der Waals surface area contributed by atoms with E-state index in [2.05, 4.69) is 4.98 Å². The highest BCUT2D eigenvalue weighted by Gasteiger charge is 2.22. The molecule has 3 aromatic heterocycles. The maximum Gasteiger partial charge on any atom is 0.346 e. The van der Waals surface area contributed by atoms with Crippen LogP contribution in [-0.2, 0) is 0 Å². The molecule has 3 heterocycles. The van der Waals surface area contributed by atoms with E-state index in [-0.39, 0.29) is 26.7 Å². The van der Waals surface area contributed by atoms with Gasteiger partial charge < -0.3 is 15.0 Å². The van der Waals surface area contributed by atoms with Crippen molar-refractivity contribution in [3.63, 3.8) is 0 Å². The van der Waals surface area contributed by atoms with Gasteiger partial charge in [0.1, 0.15) is 9.88 Å². The van der Waals surface area contributed by atoms with Crippen molar-refractivity contribution in [2.24, 2.45) is 0 Å². The van der Waals surface area contributed by atoms with Gasteiger partial charge in [-0.05, 0) is 25.1 Å². The fourth-order valence-corrected chi connectivity index (χ4v) is 4.87. The van der Waals surface area contributed by atoms with Gasteiger partial charge in [0.05, 0.1) is 16.5 Å². The minimum absolute atomic E-state index is 0.0622. The lowest BCUT2D eigenvalue weighted by Gasteiger charge is -2.20. The van der Waals surface area contributed by atoms with Crippen LogP contribution in [-0.4, -0.2) is 33.1 Å². The molecule has 0 atom stereocenters. The number of carbonyl (C=O) groups excluding carboxylic acids is 1. The number of amides is 1. The molecule has 1 amide bonds. The number of para-hydroxylation sites is 1. The molecule has 30 heavy (non-hydrogen) atoms. The molecule has 10 heteroatoms. The van der Waals surface area contributed by atoms with E-state index in [9.17, 15) is 24.3 Å². The summed E-state index contributed by atoms with van der Waals surface area (Å²) in [6.07, 6.45) is 0. The number of H-pyrrole nitrogens is 1. The molecule has 0 fully saturated rings. The molecule has 152 valence electrons. The predicted molar refractivity (Wildman–Crippen MR) is 117 cm³/mol. The lowest BCUT2D eigenvalue weighted by Crippen LogP contribution is -2.33. The van der Waals surface area contributed by atoms with E-state index in [1.807, 2.05) is 37.3 Å². The number of hydrogen-bond acceptors (Lipinski definition) is 6. The summed E-state index contributed by atoms with van der Waals surface area (Å²) in [6.45, 7) is 2.29. The van der Waals surface area contributed by atoms with Gasteiger partial charge in [-0.3, -0.25) is 9.59 Å². The summed E-state index contributed by atoms with van der Waals surface area (Å²) in [5.74, 6) is -1.51. The second kappa shape index (κ2) is 7.73. The van der Waals surface area contributed by atoms with E-state index in [1.54, 1.807) is 10.3 Å². The van der Waals surface area contributed by atoms with E-state index in [0.29, 0.717) is 12.1 Å². The minimum atomic E-state index is -1.24.